The molecule has 0 aliphatic carbocycles. The van der Waals surface area contributed by atoms with Crippen molar-refractivity contribution < 1.29 is 14.4 Å². The van der Waals surface area contributed by atoms with Crippen LogP contribution in [0.4, 0.5) is 0 Å². The van der Waals surface area contributed by atoms with Crippen molar-refractivity contribution in [3.8, 4) is 5.69 Å². The zero-order chi connectivity index (χ0) is 20.6. The molecule has 0 aliphatic rings. The van der Waals surface area contributed by atoms with E-state index in [0.717, 1.165) is 5.56 Å². The highest BCUT2D eigenvalue weighted by Gasteiger charge is 2.18. The van der Waals surface area contributed by atoms with E-state index < -0.39 is 17.9 Å². The summed E-state index contributed by atoms with van der Waals surface area (Å²) in [6.45, 7) is 1.40. The Morgan fingerprint density at radius 2 is 1.52 bits per heavy atom. The smallest absolute Gasteiger partial charge is 0.271 e. The average Bonchev–Trinajstić information content (AvgIpc) is 3.26. The van der Waals surface area contributed by atoms with Crippen LogP contribution in [0.5, 0.6) is 0 Å². The number of nitrogens with one attached hydrogen (secondary N) is 3. The molecule has 29 heavy (non-hydrogen) atoms. The summed E-state index contributed by atoms with van der Waals surface area (Å²) < 4.78 is 1.82. The van der Waals surface area contributed by atoms with Crippen LogP contribution in [0.2, 0.25) is 0 Å². The zero-order valence-corrected chi connectivity index (χ0v) is 16.0. The van der Waals surface area contributed by atoms with E-state index in [1.54, 1.807) is 12.1 Å². The van der Waals surface area contributed by atoms with Crippen LogP contribution < -0.4 is 16.2 Å². The minimum atomic E-state index is -0.488. The number of hydrogen-bond acceptors (Lipinski definition) is 3. The van der Waals surface area contributed by atoms with Crippen molar-refractivity contribution >= 4 is 17.7 Å². The summed E-state index contributed by atoms with van der Waals surface area (Å²) in [5.74, 6) is -1.09. The van der Waals surface area contributed by atoms with Gasteiger partial charge in [0.05, 0.1) is 23.7 Å². The number of aromatic nitrogens is 1. The van der Waals surface area contributed by atoms with Gasteiger partial charge >= 0.3 is 0 Å². The molecule has 0 radical (unpaired) electrons. The van der Waals surface area contributed by atoms with Gasteiger partial charge in [-0.1, -0.05) is 42.5 Å². The van der Waals surface area contributed by atoms with Gasteiger partial charge in [-0.25, -0.2) is 0 Å². The first-order chi connectivity index (χ1) is 14.0. The van der Waals surface area contributed by atoms with Gasteiger partial charge in [0.25, 0.3) is 5.91 Å². The first-order valence-corrected chi connectivity index (χ1v) is 9.18. The number of hydrazine groups is 1. The Morgan fingerprint density at radius 3 is 2.21 bits per heavy atom. The van der Waals surface area contributed by atoms with Crippen LogP contribution in [0.3, 0.4) is 0 Å². The Labute approximate surface area is 168 Å². The van der Waals surface area contributed by atoms with Crippen molar-refractivity contribution in [3.63, 3.8) is 0 Å². The molecule has 2 aromatic carbocycles. The second-order valence-corrected chi connectivity index (χ2v) is 6.48. The SMILES string of the molecule is CC(=O)NC(CC(=O)NNC(=O)c1ccccc1-n1cccc1)c1ccccc1. The second-order valence-electron chi connectivity index (χ2n) is 6.48. The van der Waals surface area contributed by atoms with E-state index >= 15 is 0 Å². The van der Waals surface area contributed by atoms with Crippen LogP contribution in [0.25, 0.3) is 5.69 Å². The van der Waals surface area contributed by atoms with Gasteiger partial charge in [-0.2, -0.15) is 0 Å². The minimum absolute atomic E-state index is 0.0108. The van der Waals surface area contributed by atoms with E-state index in [2.05, 4.69) is 16.2 Å². The summed E-state index contributed by atoms with van der Waals surface area (Å²) in [6.07, 6.45) is 3.66. The topological polar surface area (TPSA) is 92.2 Å². The number of amides is 3. The van der Waals surface area contributed by atoms with Crippen LogP contribution in [0.15, 0.2) is 79.1 Å². The molecule has 3 amide bonds. The lowest BCUT2D eigenvalue weighted by Gasteiger charge is -2.18. The third-order valence-corrected chi connectivity index (χ3v) is 4.32. The highest BCUT2D eigenvalue weighted by molar-refractivity contribution is 5.98. The van der Waals surface area contributed by atoms with Crippen LogP contribution >= 0.6 is 0 Å². The molecule has 0 spiro atoms. The maximum Gasteiger partial charge on any atom is 0.271 e. The molecule has 3 rings (SSSR count). The Kier molecular flexibility index (Phi) is 6.42. The van der Waals surface area contributed by atoms with Gasteiger partial charge in [0.15, 0.2) is 0 Å². The molecule has 1 atom stereocenters. The van der Waals surface area contributed by atoms with Gasteiger partial charge in [-0.15, -0.1) is 0 Å². The van der Waals surface area contributed by atoms with Gasteiger partial charge < -0.3 is 9.88 Å². The fraction of sp³-hybridized carbons (Fsp3) is 0.136. The van der Waals surface area contributed by atoms with Crippen LogP contribution in [-0.4, -0.2) is 22.3 Å². The van der Waals surface area contributed by atoms with Crippen molar-refractivity contribution in [1.29, 1.82) is 0 Å². The van der Waals surface area contributed by atoms with E-state index in [4.69, 9.17) is 0 Å². The summed E-state index contributed by atoms with van der Waals surface area (Å²) in [4.78, 5) is 36.5. The lowest BCUT2D eigenvalue weighted by Crippen LogP contribution is -2.43. The molecule has 0 bridgehead atoms. The van der Waals surface area contributed by atoms with Gasteiger partial charge in [0.2, 0.25) is 11.8 Å². The van der Waals surface area contributed by atoms with Crippen molar-refractivity contribution in [2.75, 3.05) is 0 Å². The molecular weight excluding hydrogens is 368 g/mol. The first-order valence-electron chi connectivity index (χ1n) is 9.18. The number of para-hydroxylation sites is 1. The molecule has 0 fully saturated rings. The van der Waals surface area contributed by atoms with E-state index in [1.807, 2.05) is 71.6 Å². The summed E-state index contributed by atoms with van der Waals surface area (Å²) in [5, 5.41) is 2.76. The molecule has 7 nitrogen and oxygen atoms in total. The van der Waals surface area contributed by atoms with Gasteiger partial charge in [0, 0.05) is 19.3 Å². The molecule has 0 saturated carbocycles. The van der Waals surface area contributed by atoms with E-state index in [-0.39, 0.29) is 12.3 Å². The Morgan fingerprint density at radius 1 is 0.862 bits per heavy atom. The standard InChI is InChI=1S/C22H22N4O3/c1-16(27)23-19(17-9-3-2-4-10-17)15-21(28)24-25-22(29)18-11-5-6-12-20(18)26-13-7-8-14-26/h2-14,19H,15H2,1H3,(H,23,27)(H,24,28)(H,25,29). The average molecular weight is 390 g/mol. The van der Waals surface area contributed by atoms with Crippen LogP contribution in [0, 0.1) is 0 Å². The molecule has 1 heterocycles. The predicted octanol–water partition coefficient (Wildman–Crippen LogP) is 2.51. The van der Waals surface area contributed by atoms with Gasteiger partial charge in [-0.3, -0.25) is 25.2 Å². The molecular formula is C22H22N4O3. The largest absolute Gasteiger partial charge is 0.349 e. The third-order valence-electron chi connectivity index (χ3n) is 4.32. The summed E-state index contributed by atoms with van der Waals surface area (Å²) in [6, 6.07) is 19.5. The molecule has 3 N–H and O–H groups in total. The number of benzene rings is 2. The fourth-order valence-corrected chi connectivity index (χ4v) is 3.00. The number of nitrogens with zero attached hydrogens (tertiary/aromatic N) is 1. The van der Waals surface area contributed by atoms with Crippen molar-refractivity contribution in [3.05, 3.63) is 90.3 Å². The fourth-order valence-electron chi connectivity index (χ4n) is 3.00. The summed E-state index contributed by atoms with van der Waals surface area (Å²) >= 11 is 0. The highest BCUT2D eigenvalue weighted by atomic mass is 16.2. The van der Waals surface area contributed by atoms with E-state index in [9.17, 15) is 14.4 Å². The second kappa shape index (κ2) is 9.36. The maximum absolute atomic E-state index is 12.6. The molecule has 148 valence electrons. The number of hydrogen-bond donors (Lipinski definition) is 3. The predicted molar refractivity (Wildman–Crippen MR) is 109 cm³/mol. The molecule has 0 aliphatic heterocycles. The lowest BCUT2D eigenvalue weighted by molar-refractivity contribution is -0.123. The monoisotopic (exact) mass is 390 g/mol. The van der Waals surface area contributed by atoms with Crippen molar-refractivity contribution in [2.24, 2.45) is 0 Å². The molecule has 7 heteroatoms. The molecule has 1 unspecified atom stereocenters. The normalized spacial score (nSPS) is 11.3. The Balaban J connectivity index is 1.64. The molecule has 1 aromatic heterocycles. The van der Waals surface area contributed by atoms with Crippen molar-refractivity contribution in [2.45, 2.75) is 19.4 Å². The van der Waals surface area contributed by atoms with Crippen molar-refractivity contribution in [1.82, 2.24) is 20.7 Å². The third kappa shape index (κ3) is 5.32. The van der Waals surface area contributed by atoms with Crippen LogP contribution in [-0.2, 0) is 9.59 Å². The van der Waals surface area contributed by atoms with E-state index in [1.165, 1.54) is 6.92 Å². The first kappa shape index (κ1) is 19.9. The van der Waals surface area contributed by atoms with E-state index in [0.29, 0.717) is 11.3 Å². The highest BCUT2D eigenvalue weighted by Crippen LogP contribution is 2.17. The number of carbonyl (C=O) groups is 3. The minimum Gasteiger partial charge on any atom is -0.349 e. The zero-order valence-electron chi connectivity index (χ0n) is 16.0. The summed E-state index contributed by atoms with van der Waals surface area (Å²) in [5.41, 5.74) is 6.80. The Hall–Kier alpha value is -3.87. The van der Waals surface area contributed by atoms with Gasteiger partial charge in [0.1, 0.15) is 0 Å². The Bertz CT molecular complexity index is 984. The molecule has 3 aromatic rings. The molecule has 0 saturated heterocycles. The van der Waals surface area contributed by atoms with Gasteiger partial charge in [-0.05, 0) is 29.8 Å². The number of rotatable bonds is 6. The maximum atomic E-state index is 12.6. The lowest BCUT2D eigenvalue weighted by atomic mass is 10.0. The summed E-state index contributed by atoms with van der Waals surface area (Å²) in [7, 11) is 0. The quantitative estimate of drug-likeness (QED) is 0.565. The van der Waals surface area contributed by atoms with Crippen LogP contribution in [0.1, 0.15) is 35.3 Å². The number of carbonyl (C=O) groups excluding carboxylic acids is 3.